The zero-order chi connectivity index (χ0) is 13.5. The smallest absolute Gasteiger partial charge is 0.124 e. The zero-order valence-electron chi connectivity index (χ0n) is 10.4. The van der Waals surface area contributed by atoms with Gasteiger partial charge in [0.15, 0.2) is 0 Å². The van der Waals surface area contributed by atoms with Gasteiger partial charge in [-0.15, -0.1) is 0 Å². The SMILES string of the molecule is COc1ccc(C)cc1C(O)C(O)CCN=[N+]=[N-]. The Bertz CT molecular complexity index is 444. The van der Waals surface area contributed by atoms with E-state index in [1.54, 1.807) is 12.1 Å². The standard InChI is InChI=1S/C12H17N3O3/c1-8-3-4-11(18-2)9(7-8)12(17)10(16)5-6-14-15-13/h3-4,7,10,12,16-17H,5-6H2,1-2H3. The van der Waals surface area contributed by atoms with E-state index < -0.39 is 12.2 Å². The summed E-state index contributed by atoms with van der Waals surface area (Å²) in [7, 11) is 1.51. The zero-order valence-corrected chi connectivity index (χ0v) is 10.4. The second-order valence-corrected chi connectivity index (χ2v) is 4.00. The number of ether oxygens (including phenoxy) is 1. The van der Waals surface area contributed by atoms with Crippen LogP contribution in [0, 0.1) is 6.92 Å². The molecule has 6 nitrogen and oxygen atoms in total. The Morgan fingerprint density at radius 1 is 1.44 bits per heavy atom. The Balaban J connectivity index is 2.84. The molecule has 18 heavy (non-hydrogen) atoms. The molecule has 1 aromatic carbocycles. The van der Waals surface area contributed by atoms with E-state index in [4.69, 9.17) is 10.3 Å². The van der Waals surface area contributed by atoms with E-state index in [-0.39, 0.29) is 13.0 Å². The fourth-order valence-electron chi connectivity index (χ4n) is 1.68. The molecule has 1 rings (SSSR count). The highest BCUT2D eigenvalue weighted by molar-refractivity contribution is 5.38. The molecule has 0 fully saturated rings. The quantitative estimate of drug-likeness (QED) is 0.460. The predicted molar refractivity (Wildman–Crippen MR) is 67.3 cm³/mol. The van der Waals surface area contributed by atoms with Crippen LogP contribution in [0.3, 0.4) is 0 Å². The fraction of sp³-hybridized carbons (Fsp3) is 0.500. The summed E-state index contributed by atoms with van der Waals surface area (Å²) in [5.74, 6) is 0.524. The molecule has 0 spiro atoms. The number of nitrogens with zero attached hydrogens (tertiary/aromatic N) is 3. The van der Waals surface area contributed by atoms with Crippen LogP contribution in [0.25, 0.3) is 10.4 Å². The number of rotatable bonds is 6. The van der Waals surface area contributed by atoms with Crippen LogP contribution in [-0.2, 0) is 0 Å². The van der Waals surface area contributed by atoms with E-state index in [1.165, 1.54) is 7.11 Å². The molecule has 0 amide bonds. The van der Waals surface area contributed by atoms with Crippen molar-refractivity contribution in [2.24, 2.45) is 5.11 Å². The topological polar surface area (TPSA) is 98.5 Å². The van der Waals surface area contributed by atoms with Gasteiger partial charge >= 0.3 is 0 Å². The lowest BCUT2D eigenvalue weighted by molar-refractivity contribution is 0.0137. The Labute approximate surface area is 105 Å². The third-order valence-corrected chi connectivity index (χ3v) is 2.66. The maximum atomic E-state index is 10.1. The van der Waals surface area contributed by atoms with Crippen molar-refractivity contribution in [1.29, 1.82) is 0 Å². The van der Waals surface area contributed by atoms with Crippen molar-refractivity contribution in [2.45, 2.75) is 25.6 Å². The molecule has 1 aromatic rings. The summed E-state index contributed by atoms with van der Waals surface area (Å²) in [5.41, 5.74) is 9.65. The van der Waals surface area contributed by atoms with Crippen molar-refractivity contribution in [3.63, 3.8) is 0 Å². The van der Waals surface area contributed by atoms with Gasteiger partial charge in [-0.25, -0.2) is 0 Å². The first-order valence-electron chi connectivity index (χ1n) is 5.61. The van der Waals surface area contributed by atoms with Gasteiger partial charge in [-0.05, 0) is 31.0 Å². The molecule has 6 heteroatoms. The van der Waals surface area contributed by atoms with Crippen LogP contribution in [0.2, 0.25) is 0 Å². The van der Waals surface area contributed by atoms with Crippen molar-refractivity contribution in [2.75, 3.05) is 13.7 Å². The molecule has 98 valence electrons. The van der Waals surface area contributed by atoms with Gasteiger partial charge in [-0.2, -0.15) is 0 Å². The lowest BCUT2D eigenvalue weighted by Crippen LogP contribution is -2.19. The summed E-state index contributed by atoms with van der Waals surface area (Å²) >= 11 is 0. The highest BCUT2D eigenvalue weighted by atomic mass is 16.5. The van der Waals surface area contributed by atoms with Crippen LogP contribution in [0.4, 0.5) is 0 Å². The van der Waals surface area contributed by atoms with Crippen molar-refractivity contribution < 1.29 is 14.9 Å². The molecule has 0 bridgehead atoms. The van der Waals surface area contributed by atoms with E-state index in [2.05, 4.69) is 10.0 Å². The number of aliphatic hydroxyl groups is 2. The predicted octanol–water partition coefficient (Wildman–Crippen LogP) is 2.10. The second-order valence-electron chi connectivity index (χ2n) is 4.00. The van der Waals surface area contributed by atoms with E-state index >= 15 is 0 Å². The summed E-state index contributed by atoms with van der Waals surface area (Å²) in [5, 5.41) is 23.2. The van der Waals surface area contributed by atoms with E-state index in [9.17, 15) is 10.2 Å². The molecular weight excluding hydrogens is 234 g/mol. The van der Waals surface area contributed by atoms with Crippen molar-refractivity contribution >= 4 is 0 Å². The van der Waals surface area contributed by atoms with Crippen molar-refractivity contribution in [1.82, 2.24) is 0 Å². The maximum Gasteiger partial charge on any atom is 0.124 e. The first-order chi connectivity index (χ1) is 8.60. The maximum absolute atomic E-state index is 10.1. The van der Waals surface area contributed by atoms with Gasteiger partial charge in [0, 0.05) is 17.0 Å². The number of aliphatic hydroxyl groups excluding tert-OH is 2. The minimum Gasteiger partial charge on any atom is -0.496 e. The van der Waals surface area contributed by atoms with Gasteiger partial charge in [0.05, 0.1) is 13.2 Å². The normalized spacial score (nSPS) is 13.6. The monoisotopic (exact) mass is 251 g/mol. The average molecular weight is 251 g/mol. The second kappa shape index (κ2) is 6.86. The van der Waals surface area contributed by atoms with Gasteiger partial charge in [-0.1, -0.05) is 16.7 Å². The Morgan fingerprint density at radius 2 is 2.17 bits per heavy atom. The largest absolute Gasteiger partial charge is 0.496 e. The van der Waals surface area contributed by atoms with E-state index in [0.29, 0.717) is 11.3 Å². The van der Waals surface area contributed by atoms with Crippen LogP contribution < -0.4 is 4.74 Å². The van der Waals surface area contributed by atoms with Crippen LogP contribution in [0.1, 0.15) is 23.7 Å². The molecule has 0 aromatic heterocycles. The fourth-order valence-corrected chi connectivity index (χ4v) is 1.68. The number of hydrogen-bond donors (Lipinski definition) is 2. The Kier molecular flexibility index (Phi) is 5.45. The summed E-state index contributed by atoms with van der Waals surface area (Å²) in [4.78, 5) is 2.60. The molecule has 0 heterocycles. The highest BCUT2D eigenvalue weighted by Gasteiger charge is 2.21. The molecule has 0 aliphatic rings. The minimum atomic E-state index is -1.06. The van der Waals surface area contributed by atoms with Crippen LogP contribution in [0.5, 0.6) is 5.75 Å². The van der Waals surface area contributed by atoms with Gasteiger partial charge in [-0.3, -0.25) is 0 Å². The molecule has 0 aliphatic heterocycles. The number of methoxy groups -OCH3 is 1. The third kappa shape index (κ3) is 3.63. The van der Waals surface area contributed by atoms with E-state index in [1.807, 2.05) is 13.0 Å². The van der Waals surface area contributed by atoms with Crippen LogP contribution in [-0.4, -0.2) is 30.0 Å². The van der Waals surface area contributed by atoms with Crippen LogP contribution >= 0.6 is 0 Å². The summed E-state index contributed by atoms with van der Waals surface area (Å²) < 4.78 is 5.14. The lowest BCUT2D eigenvalue weighted by atomic mass is 9.99. The van der Waals surface area contributed by atoms with Gasteiger partial charge < -0.3 is 14.9 Å². The summed E-state index contributed by atoms with van der Waals surface area (Å²) in [6.07, 6.45) is -1.86. The van der Waals surface area contributed by atoms with Gasteiger partial charge in [0.1, 0.15) is 11.9 Å². The number of aryl methyl sites for hydroxylation is 1. The van der Waals surface area contributed by atoms with Crippen molar-refractivity contribution in [3.8, 4) is 5.75 Å². The molecule has 2 N–H and O–H groups in total. The number of azide groups is 1. The van der Waals surface area contributed by atoms with E-state index in [0.717, 1.165) is 5.56 Å². The van der Waals surface area contributed by atoms with Gasteiger partial charge in [0.2, 0.25) is 0 Å². The summed E-state index contributed by atoms with van der Waals surface area (Å²) in [6, 6.07) is 5.37. The molecule has 0 aliphatic carbocycles. The minimum absolute atomic E-state index is 0.142. The molecular formula is C12H17N3O3. The molecule has 0 radical (unpaired) electrons. The Morgan fingerprint density at radius 3 is 2.78 bits per heavy atom. The number of hydrogen-bond acceptors (Lipinski definition) is 4. The first-order valence-corrected chi connectivity index (χ1v) is 5.61. The third-order valence-electron chi connectivity index (χ3n) is 2.66. The first kappa shape index (κ1) is 14.3. The average Bonchev–Trinajstić information content (AvgIpc) is 2.38. The Hall–Kier alpha value is -1.75. The number of benzene rings is 1. The molecule has 0 saturated carbocycles. The summed E-state index contributed by atoms with van der Waals surface area (Å²) in [6.45, 7) is 2.03. The molecule has 2 unspecified atom stereocenters. The molecule has 0 saturated heterocycles. The lowest BCUT2D eigenvalue weighted by Gasteiger charge is -2.20. The van der Waals surface area contributed by atoms with Crippen LogP contribution in [0.15, 0.2) is 23.3 Å². The van der Waals surface area contributed by atoms with Gasteiger partial charge in [0.25, 0.3) is 0 Å². The van der Waals surface area contributed by atoms with Crippen molar-refractivity contribution in [3.05, 3.63) is 39.8 Å². The highest BCUT2D eigenvalue weighted by Crippen LogP contribution is 2.29. The molecule has 2 atom stereocenters.